The van der Waals surface area contributed by atoms with E-state index < -0.39 is 0 Å². The largest absolute Gasteiger partial charge is 0.495 e. The molecule has 0 aromatic heterocycles. The van der Waals surface area contributed by atoms with Crippen molar-refractivity contribution in [2.24, 2.45) is 5.92 Å². The molecule has 1 unspecified atom stereocenters. The highest BCUT2D eigenvalue weighted by molar-refractivity contribution is 6.34. The van der Waals surface area contributed by atoms with Gasteiger partial charge in [-0.2, -0.15) is 0 Å². The van der Waals surface area contributed by atoms with Crippen molar-refractivity contribution in [1.29, 1.82) is 0 Å². The third kappa shape index (κ3) is 3.09. The molecule has 1 aliphatic heterocycles. The van der Waals surface area contributed by atoms with Gasteiger partial charge in [0.2, 0.25) is 0 Å². The number of methoxy groups -OCH3 is 1. The van der Waals surface area contributed by atoms with E-state index in [4.69, 9.17) is 33.0 Å². The van der Waals surface area contributed by atoms with E-state index in [2.05, 4.69) is 4.90 Å². The summed E-state index contributed by atoms with van der Waals surface area (Å²) in [6.07, 6.45) is 1.04. The van der Waals surface area contributed by atoms with Crippen LogP contribution < -0.4 is 4.74 Å². The van der Waals surface area contributed by atoms with E-state index in [9.17, 15) is 0 Å². The molecule has 5 heteroatoms. The van der Waals surface area contributed by atoms with Gasteiger partial charge in [-0.15, -0.1) is 0 Å². The quantitative estimate of drug-likeness (QED) is 0.925. The van der Waals surface area contributed by atoms with Gasteiger partial charge in [-0.25, -0.2) is 0 Å². The first-order valence-electron chi connectivity index (χ1n) is 5.99. The zero-order valence-corrected chi connectivity index (χ0v) is 11.8. The summed E-state index contributed by atoms with van der Waals surface area (Å²) in [5.41, 5.74) is 1.00. The Morgan fingerprint density at radius 3 is 2.78 bits per heavy atom. The maximum absolute atomic E-state index is 9.13. The number of hydrogen-bond acceptors (Lipinski definition) is 3. The van der Waals surface area contributed by atoms with Crippen LogP contribution >= 0.6 is 23.2 Å². The summed E-state index contributed by atoms with van der Waals surface area (Å²) in [4.78, 5) is 2.28. The molecule has 0 amide bonds. The topological polar surface area (TPSA) is 32.7 Å². The molecular formula is C13H17Cl2NO2. The average Bonchev–Trinajstić information content (AvgIpc) is 2.81. The van der Waals surface area contributed by atoms with Crippen LogP contribution in [0.3, 0.4) is 0 Å². The Morgan fingerprint density at radius 2 is 2.17 bits per heavy atom. The van der Waals surface area contributed by atoms with Gasteiger partial charge in [-0.3, -0.25) is 4.90 Å². The number of likely N-dealkylation sites (tertiary alicyclic amines) is 1. The molecule has 18 heavy (non-hydrogen) atoms. The second-order valence-corrected chi connectivity index (χ2v) is 5.46. The van der Waals surface area contributed by atoms with Crippen molar-refractivity contribution in [3.05, 3.63) is 27.7 Å². The summed E-state index contributed by atoms with van der Waals surface area (Å²) in [6.45, 7) is 2.92. The molecule has 2 rings (SSSR count). The maximum Gasteiger partial charge on any atom is 0.138 e. The van der Waals surface area contributed by atoms with Crippen molar-refractivity contribution in [3.63, 3.8) is 0 Å². The van der Waals surface area contributed by atoms with Gasteiger partial charge in [-0.1, -0.05) is 23.2 Å². The van der Waals surface area contributed by atoms with Crippen molar-refractivity contribution in [2.75, 3.05) is 26.8 Å². The molecule has 1 aromatic carbocycles. The van der Waals surface area contributed by atoms with Crippen LogP contribution in [0, 0.1) is 5.92 Å². The summed E-state index contributed by atoms with van der Waals surface area (Å²) in [7, 11) is 1.57. The lowest BCUT2D eigenvalue weighted by Crippen LogP contribution is -2.21. The van der Waals surface area contributed by atoms with Gasteiger partial charge in [-0.05, 0) is 30.5 Å². The summed E-state index contributed by atoms with van der Waals surface area (Å²) < 4.78 is 5.12. The molecule has 1 saturated heterocycles. The number of rotatable bonds is 4. The summed E-state index contributed by atoms with van der Waals surface area (Å²) >= 11 is 12.3. The molecule has 1 atom stereocenters. The lowest BCUT2D eigenvalue weighted by molar-refractivity contribution is 0.220. The van der Waals surface area contributed by atoms with Crippen LogP contribution in [0.15, 0.2) is 12.1 Å². The minimum absolute atomic E-state index is 0.258. The molecule has 0 radical (unpaired) electrons. The Balaban J connectivity index is 2.08. The molecule has 0 bridgehead atoms. The van der Waals surface area contributed by atoms with Crippen molar-refractivity contribution >= 4 is 23.2 Å². The van der Waals surface area contributed by atoms with Crippen LogP contribution in [0.25, 0.3) is 0 Å². The highest BCUT2D eigenvalue weighted by Gasteiger charge is 2.22. The van der Waals surface area contributed by atoms with E-state index in [0.29, 0.717) is 21.7 Å². The SMILES string of the molecule is COc1cc(Cl)c(CN2CCC(CO)C2)cc1Cl. The molecule has 1 heterocycles. The monoisotopic (exact) mass is 289 g/mol. The highest BCUT2D eigenvalue weighted by Crippen LogP contribution is 2.32. The Labute approximate surface area is 117 Å². The molecule has 0 saturated carbocycles. The second-order valence-electron chi connectivity index (χ2n) is 4.65. The summed E-state index contributed by atoms with van der Waals surface area (Å²) in [5.74, 6) is 0.984. The lowest BCUT2D eigenvalue weighted by Gasteiger charge is -2.17. The van der Waals surface area contributed by atoms with Crippen molar-refractivity contribution in [1.82, 2.24) is 4.90 Å². The molecule has 1 aliphatic rings. The third-order valence-corrected chi connectivity index (χ3v) is 3.99. The van der Waals surface area contributed by atoms with Gasteiger partial charge in [0.05, 0.1) is 12.1 Å². The van der Waals surface area contributed by atoms with Crippen LogP contribution in [-0.2, 0) is 6.54 Å². The van der Waals surface area contributed by atoms with E-state index in [-0.39, 0.29) is 6.61 Å². The Hall–Kier alpha value is -0.480. The van der Waals surface area contributed by atoms with E-state index in [1.165, 1.54) is 0 Å². The minimum atomic E-state index is 0.258. The second kappa shape index (κ2) is 6.11. The molecule has 1 aromatic rings. The van der Waals surface area contributed by atoms with E-state index in [0.717, 1.165) is 31.6 Å². The first-order valence-corrected chi connectivity index (χ1v) is 6.74. The summed E-state index contributed by atoms with van der Waals surface area (Å²) in [6, 6.07) is 3.60. The van der Waals surface area contributed by atoms with E-state index in [1.807, 2.05) is 6.07 Å². The van der Waals surface area contributed by atoms with Gasteiger partial charge >= 0.3 is 0 Å². The molecule has 0 aliphatic carbocycles. The van der Waals surface area contributed by atoms with Crippen LogP contribution in [0.1, 0.15) is 12.0 Å². The fraction of sp³-hybridized carbons (Fsp3) is 0.538. The maximum atomic E-state index is 9.13. The van der Waals surface area contributed by atoms with Crippen molar-refractivity contribution < 1.29 is 9.84 Å². The zero-order chi connectivity index (χ0) is 13.1. The van der Waals surface area contributed by atoms with Crippen LogP contribution in [0.2, 0.25) is 10.0 Å². The number of hydrogen-bond donors (Lipinski definition) is 1. The first kappa shape index (κ1) is 13.9. The number of halogens is 2. The van der Waals surface area contributed by atoms with Crippen LogP contribution in [0.4, 0.5) is 0 Å². The third-order valence-electron chi connectivity index (χ3n) is 3.34. The van der Waals surface area contributed by atoms with Gasteiger partial charge in [0.1, 0.15) is 5.75 Å². The van der Waals surface area contributed by atoms with E-state index in [1.54, 1.807) is 13.2 Å². The first-order chi connectivity index (χ1) is 8.63. The zero-order valence-electron chi connectivity index (χ0n) is 10.3. The number of aliphatic hydroxyl groups excluding tert-OH is 1. The molecule has 0 spiro atoms. The molecule has 100 valence electrons. The highest BCUT2D eigenvalue weighted by atomic mass is 35.5. The Bertz CT molecular complexity index is 426. The fourth-order valence-corrected chi connectivity index (χ4v) is 2.77. The Kier molecular flexibility index (Phi) is 4.73. The molecular weight excluding hydrogens is 273 g/mol. The fourth-order valence-electron chi connectivity index (χ4n) is 2.29. The van der Waals surface area contributed by atoms with Gasteiger partial charge in [0, 0.05) is 30.8 Å². The normalized spacial score (nSPS) is 20.3. The predicted molar refractivity (Wildman–Crippen MR) is 73.5 cm³/mol. The Morgan fingerprint density at radius 1 is 1.39 bits per heavy atom. The van der Waals surface area contributed by atoms with Gasteiger partial charge < -0.3 is 9.84 Å². The molecule has 1 fully saturated rings. The summed E-state index contributed by atoms with van der Waals surface area (Å²) in [5, 5.41) is 10.4. The minimum Gasteiger partial charge on any atom is -0.495 e. The standard InChI is InChI=1S/C13H17Cl2NO2/c1-18-13-5-11(14)10(4-12(13)15)7-16-3-2-9(6-16)8-17/h4-5,9,17H,2-3,6-8H2,1H3. The van der Waals surface area contributed by atoms with Crippen LogP contribution in [-0.4, -0.2) is 36.8 Å². The number of benzene rings is 1. The van der Waals surface area contributed by atoms with Crippen molar-refractivity contribution in [2.45, 2.75) is 13.0 Å². The smallest absolute Gasteiger partial charge is 0.138 e. The molecule has 1 N–H and O–H groups in total. The lowest BCUT2D eigenvalue weighted by atomic mass is 10.1. The van der Waals surface area contributed by atoms with Crippen molar-refractivity contribution in [3.8, 4) is 5.75 Å². The predicted octanol–water partition coefficient (Wildman–Crippen LogP) is 2.82. The average molecular weight is 290 g/mol. The van der Waals surface area contributed by atoms with Gasteiger partial charge in [0.25, 0.3) is 0 Å². The molecule has 3 nitrogen and oxygen atoms in total. The van der Waals surface area contributed by atoms with E-state index >= 15 is 0 Å². The number of aliphatic hydroxyl groups is 1. The number of ether oxygens (including phenoxy) is 1. The van der Waals surface area contributed by atoms with Gasteiger partial charge in [0.15, 0.2) is 0 Å². The number of nitrogens with zero attached hydrogens (tertiary/aromatic N) is 1. The van der Waals surface area contributed by atoms with Crippen LogP contribution in [0.5, 0.6) is 5.75 Å².